The maximum absolute atomic E-state index is 15.5. The topological polar surface area (TPSA) is 43.4 Å². The van der Waals surface area contributed by atoms with Gasteiger partial charge in [-0.15, -0.1) is 0 Å². The van der Waals surface area contributed by atoms with Crippen LogP contribution in [0.3, 0.4) is 0 Å². The standard InChI is InChI=1S/C64H74O3S3/c1-11-13-14-15-17-43-18-20-45(21-19-43)53-35-24-46(38-42(53)4)44-22-29-50(30-23-44)68-55-36-37-56(69-51-31-25-48(26-32-51)63(5,6)7)60-59(55)61(65)54-39-47(41(3)16-12-2)40-57(58(54)62(60)66)70-52-33-27-49(28-34-52)67-64(8,9)10/h22-41,43,45H,11-21H2,1-10H3. The van der Waals surface area contributed by atoms with Crippen LogP contribution in [0.4, 0.5) is 0 Å². The van der Waals surface area contributed by atoms with Gasteiger partial charge in [-0.3, -0.25) is 9.59 Å². The van der Waals surface area contributed by atoms with Crippen molar-refractivity contribution in [2.45, 2.75) is 192 Å². The van der Waals surface area contributed by atoms with E-state index in [1.54, 1.807) is 35.3 Å². The van der Waals surface area contributed by atoms with E-state index in [2.05, 4.69) is 133 Å². The number of hydrogen-bond acceptors (Lipinski definition) is 6. The van der Waals surface area contributed by atoms with Gasteiger partial charge in [0, 0.05) is 51.6 Å². The lowest BCUT2D eigenvalue weighted by atomic mass is 9.76. The highest BCUT2D eigenvalue weighted by atomic mass is 32.2. The van der Waals surface area contributed by atoms with Crippen molar-refractivity contribution in [2.24, 2.45) is 5.92 Å². The predicted octanol–water partition coefficient (Wildman–Crippen LogP) is 19.5. The van der Waals surface area contributed by atoms with Gasteiger partial charge in [0.2, 0.25) is 0 Å². The van der Waals surface area contributed by atoms with Gasteiger partial charge in [-0.1, -0.05) is 158 Å². The third kappa shape index (κ3) is 12.4. The van der Waals surface area contributed by atoms with E-state index in [0.717, 1.165) is 59.4 Å². The number of carbonyl (C=O) groups is 2. The zero-order valence-corrected chi connectivity index (χ0v) is 45.9. The average Bonchev–Trinajstić information content (AvgIpc) is 3.33. The lowest BCUT2D eigenvalue weighted by molar-refractivity contribution is 0.0972. The minimum Gasteiger partial charge on any atom is -0.488 e. The highest BCUT2D eigenvalue weighted by Crippen LogP contribution is 2.47. The van der Waals surface area contributed by atoms with E-state index in [0.29, 0.717) is 28.2 Å². The molecule has 3 nitrogen and oxygen atoms in total. The fourth-order valence-corrected chi connectivity index (χ4v) is 13.4. The van der Waals surface area contributed by atoms with Crippen molar-refractivity contribution >= 4 is 46.9 Å². The second kappa shape index (κ2) is 22.5. The molecule has 366 valence electrons. The summed E-state index contributed by atoms with van der Waals surface area (Å²) in [5.41, 5.74) is 9.32. The number of fused-ring (bicyclic) bond motifs is 2. The molecule has 8 rings (SSSR count). The molecule has 1 saturated carbocycles. The molecule has 1 unspecified atom stereocenters. The molecule has 1 atom stereocenters. The van der Waals surface area contributed by atoms with E-state index in [1.807, 2.05) is 51.1 Å². The lowest BCUT2D eigenvalue weighted by Crippen LogP contribution is -2.24. The number of unbranched alkanes of at least 4 members (excludes halogenated alkanes) is 3. The monoisotopic (exact) mass is 986 g/mol. The zero-order valence-electron chi connectivity index (χ0n) is 43.4. The molecule has 2 aliphatic rings. The van der Waals surface area contributed by atoms with Crippen LogP contribution in [0.15, 0.2) is 145 Å². The van der Waals surface area contributed by atoms with Crippen LogP contribution in [0.5, 0.6) is 5.75 Å². The summed E-state index contributed by atoms with van der Waals surface area (Å²) in [4.78, 5) is 36.4. The number of aryl methyl sites for hydroxylation is 1. The van der Waals surface area contributed by atoms with Gasteiger partial charge >= 0.3 is 0 Å². The summed E-state index contributed by atoms with van der Waals surface area (Å²) in [7, 11) is 0. The highest BCUT2D eigenvalue weighted by molar-refractivity contribution is 8.00. The molecule has 70 heavy (non-hydrogen) atoms. The first-order chi connectivity index (χ1) is 33.5. The Hall–Kier alpha value is -4.49. The Labute approximate surface area is 433 Å². The third-order valence-electron chi connectivity index (χ3n) is 14.3. The molecule has 0 bridgehead atoms. The normalized spacial score (nSPS) is 16.5. The minimum absolute atomic E-state index is 0.0165. The van der Waals surface area contributed by atoms with Crippen LogP contribution in [0, 0.1) is 12.8 Å². The first-order valence-electron chi connectivity index (χ1n) is 26.1. The molecule has 6 heteroatoms. The van der Waals surface area contributed by atoms with Crippen molar-refractivity contribution in [3.05, 3.63) is 160 Å². The summed E-state index contributed by atoms with van der Waals surface area (Å²) in [6, 6.07) is 40.8. The van der Waals surface area contributed by atoms with Gasteiger partial charge in [-0.25, -0.2) is 0 Å². The van der Waals surface area contributed by atoms with E-state index in [-0.39, 0.29) is 28.5 Å². The predicted molar refractivity (Wildman–Crippen MR) is 297 cm³/mol. The molecular weight excluding hydrogens is 913 g/mol. The summed E-state index contributed by atoms with van der Waals surface area (Å²) in [6.45, 7) is 21.8. The van der Waals surface area contributed by atoms with Crippen LogP contribution in [0.25, 0.3) is 11.1 Å². The summed E-state index contributed by atoms with van der Waals surface area (Å²) in [6.07, 6.45) is 14.2. The molecule has 0 radical (unpaired) electrons. The van der Waals surface area contributed by atoms with E-state index in [1.165, 1.54) is 85.6 Å². The Balaban J connectivity index is 1.11. The SMILES string of the molecule is CCCCCCC1CCC(c2ccc(-c3ccc(Sc4ccc(Sc5ccc(C(C)(C)C)cc5)c5c4C(=O)c4cc(C(C)CCC)cc(Sc6ccc(OC(C)(C)C)cc6)c4C5=O)cc3)cc2C)CC1. The second-order valence-corrected chi connectivity index (χ2v) is 25.4. The van der Waals surface area contributed by atoms with Crippen LogP contribution < -0.4 is 4.74 Å². The first-order valence-corrected chi connectivity index (χ1v) is 28.5. The number of hydrogen-bond donors (Lipinski definition) is 0. The summed E-state index contributed by atoms with van der Waals surface area (Å²) in [5.74, 6) is 2.39. The number of benzene rings is 6. The quantitative estimate of drug-likeness (QED) is 0.0847. The van der Waals surface area contributed by atoms with Gasteiger partial charge in [0.25, 0.3) is 0 Å². The van der Waals surface area contributed by atoms with E-state index < -0.39 is 0 Å². The fraction of sp³-hybridized carbons (Fsp3) is 0.406. The molecule has 6 aromatic carbocycles. The van der Waals surface area contributed by atoms with Gasteiger partial charge in [-0.05, 0) is 189 Å². The molecule has 0 amide bonds. The Bertz CT molecular complexity index is 2780. The van der Waals surface area contributed by atoms with Gasteiger partial charge in [0.05, 0.1) is 0 Å². The fourth-order valence-electron chi connectivity index (χ4n) is 10.4. The molecular formula is C64H74O3S3. The van der Waals surface area contributed by atoms with Crippen LogP contribution in [0.2, 0.25) is 0 Å². The van der Waals surface area contributed by atoms with Crippen LogP contribution in [-0.2, 0) is 5.41 Å². The van der Waals surface area contributed by atoms with Crippen LogP contribution in [0.1, 0.15) is 199 Å². The smallest absolute Gasteiger partial charge is 0.196 e. The zero-order chi connectivity index (χ0) is 49.7. The largest absolute Gasteiger partial charge is 0.488 e. The van der Waals surface area contributed by atoms with Crippen LogP contribution >= 0.6 is 35.3 Å². The third-order valence-corrected chi connectivity index (χ3v) is 17.5. The van der Waals surface area contributed by atoms with Crippen LogP contribution in [-0.4, -0.2) is 17.2 Å². The highest BCUT2D eigenvalue weighted by Gasteiger charge is 2.37. The number of carbonyl (C=O) groups excluding carboxylic acids is 2. The summed E-state index contributed by atoms with van der Waals surface area (Å²) < 4.78 is 6.14. The molecule has 6 aromatic rings. The van der Waals surface area contributed by atoms with Gasteiger partial charge in [-0.2, -0.15) is 0 Å². The van der Waals surface area contributed by atoms with Crippen molar-refractivity contribution in [1.82, 2.24) is 0 Å². The molecule has 0 aromatic heterocycles. The Morgan fingerprint density at radius 1 is 0.586 bits per heavy atom. The van der Waals surface area contributed by atoms with Gasteiger partial charge in [0.15, 0.2) is 11.6 Å². The van der Waals surface area contributed by atoms with Crippen molar-refractivity contribution in [3.8, 4) is 16.9 Å². The molecule has 1 fully saturated rings. The molecule has 0 N–H and O–H groups in total. The maximum Gasteiger partial charge on any atom is 0.196 e. The second-order valence-electron chi connectivity index (χ2n) is 22.0. The molecule has 0 heterocycles. The molecule has 0 saturated heterocycles. The van der Waals surface area contributed by atoms with Crippen molar-refractivity contribution in [2.75, 3.05) is 0 Å². The van der Waals surface area contributed by atoms with Crippen molar-refractivity contribution in [3.63, 3.8) is 0 Å². The Morgan fingerprint density at radius 2 is 1.16 bits per heavy atom. The first kappa shape index (κ1) is 51.9. The van der Waals surface area contributed by atoms with Crippen molar-refractivity contribution in [1.29, 1.82) is 0 Å². The maximum atomic E-state index is 15.5. The van der Waals surface area contributed by atoms with Crippen molar-refractivity contribution < 1.29 is 14.3 Å². The van der Waals surface area contributed by atoms with E-state index in [9.17, 15) is 0 Å². The number of ether oxygens (including phenoxy) is 1. The van der Waals surface area contributed by atoms with E-state index in [4.69, 9.17) is 4.74 Å². The summed E-state index contributed by atoms with van der Waals surface area (Å²) >= 11 is 4.68. The van der Waals surface area contributed by atoms with Gasteiger partial charge in [0.1, 0.15) is 11.4 Å². The lowest BCUT2D eigenvalue weighted by Gasteiger charge is -2.30. The molecule has 0 spiro atoms. The van der Waals surface area contributed by atoms with Gasteiger partial charge < -0.3 is 4.74 Å². The Morgan fingerprint density at radius 3 is 1.73 bits per heavy atom. The number of ketones is 2. The molecule has 2 aliphatic carbocycles. The van der Waals surface area contributed by atoms with E-state index >= 15 is 9.59 Å². The number of rotatable bonds is 17. The summed E-state index contributed by atoms with van der Waals surface area (Å²) in [5, 5.41) is 0. The molecule has 0 aliphatic heterocycles. The Kier molecular flexibility index (Phi) is 16.7. The average molecular weight is 987 g/mol. The minimum atomic E-state index is -0.319.